The molecule has 2 heterocycles. The number of benzene rings is 1. The van der Waals surface area contributed by atoms with E-state index in [1.165, 1.54) is 0 Å². The first-order valence-electron chi connectivity index (χ1n) is 6.97. The molecule has 2 aliphatic heterocycles. The molecule has 0 bridgehead atoms. The number of hydrogen-bond donors (Lipinski definition) is 1. The Bertz CT molecular complexity index is 479. The summed E-state index contributed by atoms with van der Waals surface area (Å²) in [5, 5.41) is 0. The van der Waals surface area contributed by atoms with Crippen LogP contribution >= 0.6 is 15.9 Å². The van der Waals surface area contributed by atoms with Gasteiger partial charge < -0.3 is 15.2 Å². The van der Waals surface area contributed by atoms with E-state index < -0.39 is 0 Å². The van der Waals surface area contributed by atoms with Gasteiger partial charge in [0.25, 0.3) is 0 Å². The molecule has 1 aromatic rings. The van der Waals surface area contributed by atoms with Gasteiger partial charge >= 0.3 is 0 Å². The number of ether oxygens (including phenoxy) is 2. The number of hydrogen-bond acceptors (Lipinski definition) is 3. The van der Waals surface area contributed by atoms with Gasteiger partial charge in [0.1, 0.15) is 11.4 Å². The molecular formula is C15H20BrNO2. The molecule has 4 heteroatoms. The largest absolute Gasteiger partial charge is 0.487 e. The van der Waals surface area contributed by atoms with Crippen LogP contribution in [0.1, 0.15) is 44.2 Å². The van der Waals surface area contributed by atoms with Gasteiger partial charge in [0, 0.05) is 35.3 Å². The summed E-state index contributed by atoms with van der Waals surface area (Å²) in [6, 6.07) is 6.17. The predicted molar refractivity (Wildman–Crippen MR) is 78.3 cm³/mol. The Morgan fingerprint density at radius 2 is 2.26 bits per heavy atom. The fourth-order valence-electron chi connectivity index (χ4n) is 3.22. The van der Waals surface area contributed by atoms with E-state index in [0.29, 0.717) is 6.10 Å². The zero-order valence-electron chi connectivity index (χ0n) is 11.2. The van der Waals surface area contributed by atoms with E-state index in [-0.39, 0.29) is 11.6 Å². The summed E-state index contributed by atoms with van der Waals surface area (Å²) in [6.45, 7) is 2.94. The lowest BCUT2D eigenvalue weighted by Gasteiger charge is -2.45. The van der Waals surface area contributed by atoms with Crippen LogP contribution in [0, 0.1) is 0 Å². The number of nitrogens with two attached hydrogens (primary N) is 1. The summed E-state index contributed by atoms with van der Waals surface area (Å²) in [5.74, 6) is 0.943. The van der Waals surface area contributed by atoms with Crippen LogP contribution in [0.15, 0.2) is 22.7 Å². The monoisotopic (exact) mass is 325 g/mol. The van der Waals surface area contributed by atoms with Crippen LogP contribution in [0.5, 0.6) is 5.75 Å². The summed E-state index contributed by atoms with van der Waals surface area (Å²) in [6.07, 6.45) is 4.11. The molecule has 2 N–H and O–H groups in total. The predicted octanol–water partition coefficient (Wildman–Crippen LogP) is 3.56. The molecule has 2 aliphatic rings. The van der Waals surface area contributed by atoms with Crippen molar-refractivity contribution in [3.05, 3.63) is 28.2 Å². The Kier molecular flexibility index (Phi) is 3.58. The third-order valence-corrected chi connectivity index (χ3v) is 4.75. The van der Waals surface area contributed by atoms with Crippen molar-refractivity contribution >= 4 is 15.9 Å². The van der Waals surface area contributed by atoms with E-state index in [2.05, 4.69) is 28.9 Å². The molecule has 19 heavy (non-hydrogen) atoms. The van der Waals surface area contributed by atoms with Crippen molar-refractivity contribution in [2.45, 2.75) is 50.4 Å². The second-order valence-corrected chi connectivity index (χ2v) is 6.55. The van der Waals surface area contributed by atoms with Gasteiger partial charge in [0.15, 0.2) is 0 Å². The molecule has 1 spiro atoms. The molecule has 0 radical (unpaired) electrons. The molecule has 2 unspecified atom stereocenters. The Hall–Kier alpha value is -0.580. The SMILES string of the molecule is CCC1CC2(CCO1)C[C@@H](N)c1cc(Br)ccc1O2. The normalized spacial score (nSPS) is 33.8. The highest BCUT2D eigenvalue weighted by Crippen LogP contribution is 2.45. The Balaban J connectivity index is 1.89. The minimum Gasteiger partial charge on any atom is -0.487 e. The van der Waals surface area contributed by atoms with E-state index in [9.17, 15) is 0 Å². The van der Waals surface area contributed by atoms with Gasteiger partial charge in [-0.15, -0.1) is 0 Å². The van der Waals surface area contributed by atoms with Gasteiger partial charge in [-0.25, -0.2) is 0 Å². The molecule has 1 fully saturated rings. The molecule has 3 atom stereocenters. The molecule has 1 saturated heterocycles. The van der Waals surface area contributed by atoms with E-state index in [0.717, 1.165) is 48.1 Å². The third-order valence-electron chi connectivity index (χ3n) is 4.26. The molecule has 0 aromatic heterocycles. The van der Waals surface area contributed by atoms with Gasteiger partial charge in [-0.3, -0.25) is 0 Å². The van der Waals surface area contributed by atoms with Crippen LogP contribution in [0.3, 0.4) is 0 Å². The second kappa shape index (κ2) is 5.08. The molecular weight excluding hydrogens is 306 g/mol. The van der Waals surface area contributed by atoms with Crippen LogP contribution < -0.4 is 10.5 Å². The minimum atomic E-state index is -0.126. The van der Waals surface area contributed by atoms with E-state index in [1.807, 2.05) is 12.1 Å². The first kappa shape index (κ1) is 13.4. The zero-order valence-corrected chi connectivity index (χ0v) is 12.8. The Labute approximate surface area is 122 Å². The van der Waals surface area contributed by atoms with Crippen LogP contribution in [0.2, 0.25) is 0 Å². The highest BCUT2D eigenvalue weighted by Gasteiger charge is 2.43. The maximum absolute atomic E-state index is 6.37. The quantitative estimate of drug-likeness (QED) is 0.858. The fraction of sp³-hybridized carbons (Fsp3) is 0.600. The van der Waals surface area contributed by atoms with Crippen molar-refractivity contribution in [2.75, 3.05) is 6.61 Å². The van der Waals surface area contributed by atoms with Crippen molar-refractivity contribution in [3.8, 4) is 5.75 Å². The van der Waals surface area contributed by atoms with Crippen molar-refractivity contribution in [1.82, 2.24) is 0 Å². The number of rotatable bonds is 1. The lowest BCUT2D eigenvalue weighted by atomic mass is 9.80. The van der Waals surface area contributed by atoms with E-state index in [1.54, 1.807) is 0 Å². The standard InChI is InChI=1S/C15H20BrNO2/c1-2-11-8-15(5-6-18-11)9-13(17)12-7-10(16)3-4-14(12)19-15/h3-4,7,11,13H,2,5-6,8-9,17H2,1H3/t11?,13-,15?/m1/s1. The zero-order chi connectivity index (χ0) is 13.5. The van der Waals surface area contributed by atoms with Crippen molar-refractivity contribution in [2.24, 2.45) is 5.73 Å². The molecule has 0 saturated carbocycles. The topological polar surface area (TPSA) is 44.5 Å². The summed E-state index contributed by atoms with van der Waals surface area (Å²) in [7, 11) is 0. The summed E-state index contributed by atoms with van der Waals surface area (Å²) in [4.78, 5) is 0. The summed E-state index contributed by atoms with van der Waals surface area (Å²) < 4.78 is 13.2. The summed E-state index contributed by atoms with van der Waals surface area (Å²) in [5.41, 5.74) is 7.35. The lowest BCUT2D eigenvalue weighted by molar-refractivity contribution is -0.102. The molecule has 0 aliphatic carbocycles. The van der Waals surface area contributed by atoms with Crippen molar-refractivity contribution in [1.29, 1.82) is 0 Å². The molecule has 3 nitrogen and oxygen atoms in total. The van der Waals surface area contributed by atoms with Crippen LogP contribution in [-0.4, -0.2) is 18.3 Å². The van der Waals surface area contributed by atoms with E-state index in [4.69, 9.17) is 15.2 Å². The smallest absolute Gasteiger partial charge is 0.124 e. The Morgan fingerprint density at radius 1 is 1.42 bits per heavy atom. The van der Waals surface area contributed by atoms with Gasteiger partial charge in [-0.1, -0.05) is 22.9 Å². The van der Waals surface area contributed by atoms with Gasteiger partial charge in [0.05, 0.1) is 12.7 Å². The van der Waals surface area contributed by atoms with Gasteiger partial charge in [-0.2, -0.15) is 0 Å². The van der Waals surface area contributed by atoms with E-state index >= 15 is 0 Å². The number of fused-ring (bicyclic) bond motifs is 1. The first-order valence-corrected chi connectivity index (χ1v) is 7.77. The van der Waals surface area contributed by atoms with Crippen LogP contribution in [0.25, 0.3) is 0 Å². The van der Waals surface area contributed by atoms with Gasteiger partial charge in [-0.05, 0) is 24.6 Å². The molecule has 104 valence electrons. The van der Waals surface area contributed by atoms with Gasteiger partial charge in [0.2, 0.25) is 0 Å². The lowest BCUT2D eigenvalue weighted by Crippen LogP contribution is -2.49. The summed E-state index contributed by atoms with van der Waals surface area (Å²) >= 11 is 3.50. The average molecular weight is 326 g/mol. The second-order valence-electron chi connectivity index (χ2n) is 5.63. The van der Waals surface area contributed by atoms with Crippen LogP contribution in [-0.2, 0) is 4.74 Å². The maximum Gasteiger partial charge on any atom is 0.124 e. The van der Waals surface area contributed by atoms with Crippen molar-refractivity contribution in [3.63, 3.8) is 0 Å². The third kappa shape index (κ3) is 2.54. The first-order chi connectivity index (χ1) is 9.12. The molecule has 3 rings (SSSR count). The fourth-order valence-corrected chi connectivity index (χ4v) is 3.59. The Morgan fingerprint density at radius 3 is 3.05 bits per heavy atom. The maximum atomic E-state index is 6.37. The number of halogens is 1. The highest BCUT2D eigenvalue weighted by atomic mass is 79.9. The minimum absolute atomic E-state index is 0.0526. The molecule has 1 aromatic carbocycles. The van der Waals surface area contributed by atoms with Crippen LogP contribution in [0.4, 0.5) is 0 Å². The molecule has 0 amide bonds. The van der Waals surface area contributed by atoms with Crippen molar-refractivity contribution < 1.29 is 9.47 Å². The average Bonchev–Trinajstić information content (AvgIpc) is 2.40. The highest BCUT2D eigenvalue weighted by molar-refractivity contribution is 9.10.